The van der Waals surface area contributed by atoms with Crippen LogP contribution in [0.15, 0.2) is 6.20 Å². The van der Waals surface area contributed by atoms with Crippen molar-refractivity contribution in [3.63, 3.8) is 0 Å². The Morgan fingerprint density at radius 3 is 2.92 bits per heavy atom. The molecular formula is C7H12N4O2. The molecule has 6 nitrogen and oxygen atoms in total. The van der Waals surface area contributed by atoms with Gasteiger partial charge in [0.15, 0.2) is 5.82 Å². The van der Waals surface area contributed by atoms with Crippen LogP contribution in [0, 0.1) is 0 Å². The lowest BCUT2D eigenvalue weighted by atomic mass is 10.5. The highest BCUT2D eigenvalue weighted by Gasteiger charge is 2.08. The molecule has 1 heterocycles. The minimum atomic E-state index is -0.881. The second-order valence-electron chi connectivity index (χ2n) is 2.64. The summed E-state index contributed by atoms with van der Waals surface area (Å²) < 4.78 is 0. The summed E-state index contributed by atoms with van der Waals surface area (Å²) in [5, 5.41) is 16.5. The molecule has 0 unspecified atom stereocenters. The Hall–Kier alpha value is -1.59. The second-order valence-corrected chi connectivity index (χ2v) is 2.64. The van der Waals surface area contributed by atoms with Crippen molar-refractivity contribution in [3.05, 3.63) is 6.20 Å². The highest BCUT2D eigenvalue weighted by atomic mass is 16.4. The lowest BCUT2D eigenvalue weighted by Crippen LogP contribution is -2.25. The Morgan fingerprint density at radius 1 is 1.77 bits per heavy atom. The average Bonchev–Trinajstić information content (AvgIpc) is 2.50. The topological polar surface area (TPSA) is 71.2 Å². The van der Waals surface area contributed by atoms with E-state index in [-0.39, 0.29) is 6.54 Å². The van der Waals surface area contributed by atoms with Gasteiger partial charge in [0.25, 0.3) is 0 Å². The number of hydrogen-bond acceptors (Lipinski definition) is 4. The van der Waals surface area contributed by atoms with Crippen LogP contribution >= 0.6 is 0 Å². The normalized spacial score (nSPS) is 10.0. The van der Waals surface area contributed by atoms with Crippen LogP contribution in [0.5, 0.6) is 0 Å². The molecular weight excluding hydrogens is 172 g/mol. The van der Waals surface area contributed by atoms with Gasteiger partial charge in [-0.15, -0.1) is 5.10 Å². The third-order valence-corrected chi connectivity index (χ3v) is 1.57. The molecule has 0 fully saturated rings. The number of hydrogen-bond donors (Lipinski definition) is 1. The Balaban J connectivity index is 2.65. The molecule has 0 aromatic carbocycles. The number of aromatic nitrogens is 3. The van der Waals surface area contributed by atoms with E-state index in [4.69, 9.17) is 5.11 Å². The highest BCUT2D eigenvalue weighted by molar-refractivity contribution is 5.72. The first-order valence-corrected chi connectivity index (χ1v) is 3.96. The summed E-state index contributed by atoms with van der Waals surface area (Å²) in [4.78, 5) is 13.4. The molecule has 0 aliphatic heterocycles. The maximum Gasteiger partial charge on any atom is 0.323 e. The van der Waals surface area contributed by atoms with Gasteiger partial charge in [-0.3, -0.25) is 4.79 Å². The van der Waals surface area contributed by atoms with E-state index in [1.54, 1.807) is 13.2 Å². The average molecular weight is 184 g/mol. The van der Waals surface area contributed by atoms with Crippen molar-refractivity contribution >= 4 is 11.8 Å². The molecule has 6 heteroatoms. The summed E-state index contributed by atoms with van der Waals surface area (Å²) in [6.45, 7) is 2.53. The van der Waals surface area contributed by atoms with Gasteiger partial charge < -0.3 is 10.0 Å². The van der Waals surface area contributed by atoms with Gasteiger partial charge >= 0.3 is 5.97 Å². The number of carboxylic acid groups (broad SMARTS) is 1. The first-order chi connectivity index (χ1) is 6.13. The zero-order valence-electron chi connectivity index (χ0n) is 7.64. The Bertz CT molecular complexity index is 296. The SMILES string of the molecule is CCn1ncc(N(C)CC(=O)O)n1. The van der Waals surface area contributed by atoms with Crippen LogP contribution in [-0.4, -0.2) is 39.7 Å². The van der Waals surface area contributed by atoms with Gasteiger partial charge in [0.2, 0.25) is 0 Å². The van der Waals surface area contributed by atoms with Crippen molar-refractivity contribution in [2.24, 2.45) is 0 Å². The first-order valence-electron chi connectivity index (χ1n) is 3.96. The predicted molar refractivity (Wildman–Crippen MR) is 46.6 cm³/mol. The highest BCUT2D eigenvalue weighted by Crippen LogP contribution is 2.04. The maximum absolute atomic E-state index is 10.4. The van der Waals surface area contributed by atoms with Crippen LogP contribution in [0.3, 0.4) is 0 Å². The third-order valence-electron chi connectivity index (χ3n) is 1.57. The van der Waals surface area contributed by atoms with Gasteiger partial charge in [-0.2, -0.15) is 9.90 Å². The molecule has 1 aromatic heterocycles. The molecule has 1 aromatic rings. The van der Waals surface area contributed by atoms with Crippen LogP contribution in [0.25, 0.3) is 0 Å². The maximum atomic E-state index is 10.4. The summed E-state index contributed by atoms with van der Waals surface area (Å²) in [7, 11) is 1.66. The van der Waals surface area contributed by atoms with Gasteiger partial charge in [-0.1, -0.05) is 0 Å². The lowest BCUT2D eigenvalue weighted by Gasteiger charge is -2.11. The molecule has 0 atom stereocenters. The molecule has 72 valence electrons. The summed E-state index contributed by atoms with van der Waals surface area (Å²) in [6.07, 6.45) is 1.55. The number of rotatable bonds is 4. The van der Waals surface area contributed by atoms with Crippen LogP contribution < -0.4 is 4.90 Å². The molecule has 0 spiro atoms. The fraction of sp³-hybridized carbons (Fsp3) is 0.571. The van der Waals surface area contributed by atoms with E-state index in [9.17, 15) is 4.79 Å². The molecule has 0 aliphatic rings. The summed E-state index contributed by atoms with van der Waals surface area (Å²) >= 11 is 0. The van der Waals surface area contributed by atoms with Gasteiger partial charge in [0.05, 0.1) is 12.7 Å². The lowest BCUT2D eigenvalue weighted by molar-refractivity contribution is -0.135. The number of nitrogens with zero attached hydrogens (tertiary/aromatic N) is 4. The zero-order chi connectivity index (χ0) is 9.84. The molecule has 0 bridgehead atoms. The van der Waals surface area contributed by atoms with E-state index in [1.807, 2.05) is 6.92 Å². The van der Waals surface area contributed by atoms with Crippen molar-refractivity contribution in [1.29, 1.82) is 0 Å². The quantitative estimate of drug-likeness (QED) is 0.702. The smallest absolute Gasteiger partial charge is 0.323 e. The fourth-order valence-corrected chi connectivity index (χ4v) is 0.899. The third kappa shape index (κ3) is 2.43. The number of aliphatic carboxylic acids is 1. The van der Waals surface area contributed by atoms with Crippen LogP contribution in [-0.2, 0) is 11.3 Å². The molecule has 0 amide bonds. The van der Waals surface area contributed by atoms with Gasteiger partial charge in [0, 0.05) is 7.05 Å². The van der Waals surface area contributed by atoms with Crippen molar-refractivity contribution in [2.75, 3.05) is 18.5 Å². The van der Waals surface area contributed by atoms with Crippen LogP contribution in [0.4, 0.5) is 5.82 Å². The molecule has 0 radical (unpaired) electrons. The molecule has 1 N–H and O–H groups in total. The molecule has 0 saturated carbocycles. The number of carboxylic acids is 1. The van der Waals surface area contributed by atoms with Crippen LogP contribution in [0.2, 0.25) is 0 Å². The Labute approximate surface area is 75.8 Å². The van der Waals surface area contributed by atoms with Crippen molar-refractivity contribution in [1.82, 2.24) is 15.0 Å². The van der Waals surface area contributed by atoms with E-state index in [1.165, 1.54) is 9.70 Å². The van der Waals surface area contributed by atoms with Gasteiger partial charge in [0.1, 0.15) is 6.54 Å². The van der Waals surface area contributed by atoms with Crippen LogP contribution in [0.1, 0.15) is 6.92 Å². The van der Waals surface area contributed by atoms with E-state index in [0.717, 1.165) is 0 Å². The monoisotopic (exact) mass is 184 g/mol. The predicted octanol–water partition coefficient (Wildman–Crippen LogP) is -0.181. The number of anilines is 1. The minimum absolute atomic E-state index is 0.0671. The molecule has 0 saturated heterocycles. The number of aryl methyl sites for hydroxylation is 1. The Kier molecular flexibility index (Phi) is 2.84. The number of carbonyl (C=O) groups is 1. The van der Waals surface area contributed by atoms with Crippen molar-refractivity contribution in [2.45, 2.75) is 13.5 Å². The fourth-order valence-electron chi connectivity index (χ4n) is 0.899. The van der Waals surface area contributed by atoms with Crippen molar-refractivity contribution in [3.8, 4) is 0 Å². The molecule has 13 heavy (non-hydrogen) atoms. The van der Waals surface area contributed by atoms with E-state index in [2.05, 4.69) is 10.2 Å². The summed E-state index contributed by atoms with van der Waals surface area (Å²) in [6, 6.07) is 0. The standard InChI is InChI=1S/C7H12N4O2/c1-3-11-8-4-6(9-11)10(2)5-7(12)13/h4H,3,5H2,1-2H3,(H,12,13). The van der Waals surface area contributed by atoms with E-state index in [0.29, 0.717) is 12.4 Å². The van der Waals surface area contributed by atoms with Gasteiger partial charge in [-0.25, -0.2) is 0 Å². The molecule has 1 rings (SSSR count). The minimum Gasteiger partial charge on any atom is -0.480 e. The second kappa shape index (κ2) is 3.88. The van der Waals surface area contributed by atoms with Gasteiger partial charge in [-0.05, 0) is 6.92 Å². The van der Waals surface area contributed by atoms with Crippen molar-refractivity contribution < 1.29 is 9.90 Å². The van der Waals surface area contributed by atoms with E-state index >= 15 is 0 Å². The first kappa shape index (κ1) is 9.50. The summed E-state index contributed by atoms with van der Waals surface area (Å²) in [5.41, 5.74) is 0. The number of likely N-dealkylation sites (N-methyl/N-ethyl adjacent to an activating group) is 1. The molecule has 0 aliphatic carbocycles. The van der Waals surface area contributed by atoms with E-state index < -0.39 is 5.97 Å². The summed E-state index contributed by atoms with van der Waals surface area (Å²) in [5.74, 6) is -0.308. The Morgan fingerprint density at radius 2 is 2.46 bits per heavy atom. The largest absolute Gasteiger partial charge is 0.480 e. The zero-order valence-corrected chi connectivity index (χ0v) is 7.64.